The first-order chi connectivity index (χ1) is 9.95. The van der Waals surface area contributed by atoms with E-state index in [2.05, 4.69) is 46.8 Å². The molecule has 1 aromatic rings. The van der Waals surface area contributed by atoms with Gasteiger partial charge in [0.1, 0.15) is 0 Å². The molecule has 1 saturated heterocycles. The summed E-state index contributed by atoms with van der Waals surface area (Å²) < 4.78 is 1.17. The fourth-order valence-corrected chi connectivity index (χ4v) is 4.15. The minimum Gasteiger partial charge on any atom is -0.339 e. The van der Waals surface area contributed by atoms with Crippen molar-refractivity contribution in [1.29, 1.82) is 0 Å². The Morgan fingerprint density at radius 1 is 1.33 bits per heavy atom. The molecule has 0 aromatic carbocycles. The Hall–Kier alpha value is -0.430. The van der Waals surface area contributed by atoms with E-state index >= 15 is 0 Å². The van der Waals surface area contributed by atoms with Crippen molar-refractivity contribution in [1.82, 2.24) is 9.80 Å². The van der Waals surface area contributed by atoms with Crippen molar-refractivity contribution in [2.75, 3.05) is 26.2 Å². The standard InChI is InChI=1S/C15H24BrN3OS/c1-11(2)9-13(17)15(20)19-7-5-18(6-8-19)10-12-3-4-14(16)21-12/h3-4,11,13H,5-10,17H2,1-2H3/t13-/m0/s1. The third kappa shape index (κ3) is 5.06. The van der Waals surface area contributed by atoms with Gasteiger partial charge in [0.15, 0.2) is 0 Å². The van der Waals surface area contributed by atoms with Gasteiger partial charge in [-0.1, -0.05) is 13.8 Å². The fraction of sp³-hybridized carbons (Fsp3) is 0.667. The molecule has 1 fully saturated rings. The molecule has 2 N–H and O–H groups in total. The summed E-state index contributed by atoms with van der Waals surface area (Å²) in [5.41, 5.74) is 6.00. The monoisotopic (exact) mass is 373 g/mol. The maximum Gasteiger partial charge on any atom is 0.239 e. The van der Waals surface area contributed by atoms with Gasteiger partial charge in [0.2, 0.25) is 5.91 Å². The predicted molar refractivity (Wildman–Crippen MR) is 91.3 cm³/mol. The van der Waals surface area contributed by atoms with E-state index in [9.17, 15) is 4.79 Å². The van der Waals surface area contributed by atoms with Crippen molar-refractivity contribution in [2.45, 2.75) is 32.9 Å². The van der Waals surface area contributed by atoms with Crippen molar-refractivity contribution in [3.63, 3.8) is 0 Å². The van der Waals surface area contributed by atoms with Gasteiger partial charge in [0.05, 0.1) is 9.83 Å². The highest BCUT2D eigenvalue weighted by Gasteiger charge is 2.25. The Morgan fingerprint density at radius 3 is 2.52 bits per heavy atom. The van der Waals surface area contributed by atoms with E-state index in [1.54, 1.807) is 11.3 Å². The van der Waals surface area contributed by atoms with E-state index < -0.39 is 0 Å². The van der Waals surface area contributed by atoms with Crippen LogP contribution in [-0.4, -0.2) is 47.9 Å². The van der Waals surface area contributed by atoms with E-state index in [0.717, 1.165) is 39.1 Å². The predicted octanol–water partition coefficient (Wildman–Crippen LogP) is 2.53. The van der Waals surface area contributed by atoms with E-state index in [1.165, 1.54) is 8.66 Å². The summed E-state index contributed by atoms with van der Waals surface area (Å²) in [7, 11) is 0. The first-order valence-corrected chi connectivity index (χ1v) is 9.07. The quantitative estimate of drug-likeness (QED) is 0.862. The van der Waals surface area contributed by atoms with Gasteiger partial charge in [-0.15, -0.1) is 11.3 Å². The molecule has 118 valence electrons. The van der Waals surface area contributed by atoms with Gasteiger partial charge in [-0.2, -0.15) is 0 Å². The van der Waals surface area contributed by atoms with Gasteiger partial charge in [0.25, 0.3) is 0 Å². The van der Waals surface area contributed by atoms with Crippen LogP contribution in [0.5, 0.6) is 0 Å². The van der Waals surface area contributed by atoms with Crippen molar-refractivity contribution in [3.8, 4) is 0 Å². The number of halogens is 1. The normalized spacial score (nSPS) is 18.2. The second-order valence-corrected chi connectivity index (χ2v) is 8.59. The summed E-state index contributed by atoms with van der Waals surface area (Å²) in [4.78, 5) is 18.0. The molecule has 2 rings (SSSR count). The first-order valence-electron chi connectivity index (χ1n) is 7.46. The molecule has 1 aliphatic heterocycles. The number of carbonyl (C=O) groups is 1. The van der Waals surface area contributed by atoms with Crippen LogP contribution in [0.4, 0.5) is 0 Å². The van der Waals surface area contributed by atoms with Crippen molar-refractivity contribution in [3.05, 3.63) is 20.8 Å². The Bertz CT molecular complexity index is 469. The number of amides is 1. The van der Waals surface area contributed by atoms with Crippen LogP contribution in [0.2, 0.25) is 0 Å². The molecule has 1 aliphatic rings. The third-order valence-corrected chi connectivity index (χ3v) is 5.34. The molecule has 2 heterocycles. The summed E-state index contributed by atoms with van der Waals surface area (Å²) in [6.07, 6.45) is 0.766. The fourth-order valence-electron chi connectivity index (χ4n) is 2.63. The lowest BCUT2D eigenvalue weighted by Crippen LogP contribution is -2.53. The van der Waals surface area contributed by atoms with E-state index in [4.69, 9.17) is 5.73 Å². The lowest BCUT2D eigenvalue weighted by Gasteiger charge is -2.35. The van der Waals surface area contributed by atoms with Gasteiger partial charge in [-0.05, 0) is 40.4 Å². The highest BCUT2D eigenvalue weighted by Crippen LogP contribution is 2.23. The molecule has 1 amide bonds. The van der Waals surface area contributed by atoms with Crippen LogP contribution in [0.15, 0.2) is 15.9 Å². The topological polar surface area (TPSA) is 49.6 Å². The average Bonchev–Trinajstić information content (AvgIpc) is 2.83. The number of hydrogen-bond acceptors (Lipinski definition) is 4. The third-order valence-electron chi connectivity index (χ3n) is 3.73. The van der Waals surface area contributed by atoms with Crippen LogP contribution in [0, 0.1) is 5.92 Å². The zero-order valence-corrected chi connectivity index (χ0v) is 15.1. The van der Waals surface area contributed by atoms with Crippen LogP contribution < -0.4 is 5.73 Å². The number of nitrogens with two attached hydrogens (primary N) is 1. The summed E-state index contributed by atoms with van der Waals surface area (Å²) in [5, 5.41) is 0. The maximum absolute atomic E-state index is 12.3. The molecule has 1 aromatic heterocycles. The Labute approximate surface area is 139 Å². The second kappa shape index (κ2) is 7.72. The minimum absolute atomic E-state index is 0.113. The van der Waals surface area contributed by atoms with Gasteiger partial charge < -0.3 is 10.6 Å². The van der Waals surface area contributed by atoms with Gasteiger partial charge in [0, 0.05) is 37.6 Å². The van der Waals surface area contributed by atoms with E-state index in [1.807, 2.05) is 4.90 Å². The smallest absolute Gasteiger partial charge is 0.239 e. The van der Waals surface area contributed by atoms with E-state index in [0.29, 0.717) is 5.92 Å². The molecule has 0 radical (unpaired) electrons. The lowest BCUT2D eigenvalue weighted by molar-refractivity contribution is -0.134. The molecule has 1 atom stereocenters. The molecule has 0 saturated carbocycles. The van der Waals surface area contributed by atoms with Crippen molar-refractivity contribution >= 4 is 33.2 Å². The molecule has 4 nitrogen and oxygen atoms in total. The lowest BCUT2D eigenvalue weighted by atomic mass is 10.0. The SMILES string of the molecule is CC(C)C[C@H](N)C(=O)N1CCN(Cc2ccc(Br)s2)CC1. The second-order valence-electron chi connectivity index (χ2n) is 6.04. The van der Waals surface area contributed by atoms with Crippen LogP contribution >= 0.6 is 27.3 Å². The Kier molecular flexibility index (Phi) is 6.22. The van der Waals surface area contributed by atoms with Crippen LogP contribution in [0.1, 0.15) is 25.1 Å². The van der Waals surface area contributed by atoms with Gasteiger partial charge in [-0.25, -0.2) is 0 Å². The number of piperazine rings is 1. The first kappa shape index (κ1) is 16.9. The number of nitrogens with zero attached hydrogens (tertiary/aromatic N) is 2. The van der Waals surface area contributed by atoms with Gasteiger partial charge >= 0.3 is 0 Å². The summed E-state index contributed by atoms with van der Waals surface area (Å²) >= 11 is 5.27. The Morgan fingerprint density at radius 2 is 2.00 bits per heavy atom. The molecule has 0 aliphatic carbocycles. The summed E-state index contributed by atoms with van der Waals surface area (Å²) in [6, 6.07) is 3.90. The zero-order valence-electron chi connectivity index (χ0n) is 12.7. The van der Waals surface area contributed by atoms with Crippen LogP contribution in [0.3, 0.4) is 0 Å². The molecular formula is C15H24BrN3OS. The molecule has 6 heteroatoms. The summed E-state index contributed by atoms with van der Waals surface area (Å²) in [5.74, 6) is 0.574. The summed E-state index contributed by atoms with van der Waals surface area (Å²) in [6.45, 7) is 8.60. The molecule has 0 unspecified atom stereocenters. The van der Waals surface area contributed by atoms with Crippen molar-refractivity contribution < 1.29 is 4.79 Å². The minimum atomic E-state index is -0.343. The van der Waals surface area contributed by atoms with E-state index in [-0.39, 0.29) is 11.9 Å². The number of thiophene rings is 1. The molecule has 0 bridgehead atoms. The Balaban J connectivity index is 1.78. The highest BCUT2D eigenvalue weighted by molar-refractivity contribution is 9.11. The van der Waals surface area contributed by atoms with Crippen LogP contribution in [0.25, 0.3) is 0 Å². The van der Waals surface area contributed by atoms with Gasteiger partial charge in [-0.3, -0.25) is 9.69 Å². The average molecular weight is 374 g/mol. The number of carbonyl (C=O) groups excluding carboxylic acids is 1. The number of rotatable bonds is 5. The molecule has 21 heavy (non-hydrogen) atoms. The molecule has 0 spiro atoms. The largest absolute Gasteiger partial charge is 0.339 e. The highest BCUT2D eigenvalue weighted by atomic mass is 79.9. The maximum atomic E-state index is 12.3. The molecular weight excluding hydrogens is 350 g/mol. The number of hydrogen-bond donors (Lipinski definition) is 1. The van der Waals surface area contributed by atoms with Crippen molar-refractivity contribution in [2.24, 2.45) is 11.7 Å². The zero-order chi connectivity index (χ0) is 15.4. The van der Waals surface area contributed by atoms with Crippen LogP contribution in [-0.2, 0) is 11.3 Å².